The van der Waals surface area contributed by atoms with Gasteiger partial charge in [0.1, 0.15) is 0 Å². The molecule has 5 nitrogen and oxygen atoms in total. The van der Waals surface area contributed by atoms with E-state index in [1.54, 1.807) is 7.11 Å². The summed E-state index contributed by atoms with van der Waals surface area (Å²) in [7, 11) is 1.61. The van der Waals surface area contributed by atoms with Crippen LogP contribution in [0.5, 0.6) is 5.88 Å². The van der Waals surface area contributed by atoms with E-state index in [9.17, 15) is 0 Å². The summed E-state index contributed by atoms with van der Waals surface area (Å²) < 4.78 is 5.19. The predicted molar refractivity (Wildman–Crippen MR) is 53.3 cm³/mol. The maximum atomic E-state index is 5.59. The van der Waals surface area contributed by atoms with E-state index >= 15 is 0 Å². The summed E-state index contributed by atoms with van der Waals surface area (Å²) in [5.74, 6) is 0.915. The van der Waals surface area contributed by atoms with E-state index in [4.69, 9.17) is 10.5 Å². The van der Waals surface area contributed by atoms with Crippen molar-refractivity contribution in [3.05, 3.63) is 11.3 Å². The summed E-state index contributed by atoms with van der Waals surface area (Å²) in [4.78, 5) is 8.29. The van der Waals surface area contributed by atoms with Crippen LogP contribution in [0.3, 0.4) is 0 Å². The molecular formula is C9H14N4O. The number of nitrogen functional groups attached to an aromatic ring is 1. The molecule has 1 aliphatic rings. The maximum absolute atomic E-state index is 5.59. The van der Waals surface area contributed by atoms with E-state index in [1.165, 1.54) is 0 Å². The Morgan fingerprint density at radius 3 is 2.86 bits per heavy atom. The van der Waals surface area contributed by atoms with Gasteiger partial charge in [-0.05, 0) is 13.0 Å². The van der Waals surface area contributed by atoms with Crippen molar-refractivity contribution in [2.45, 2.75) is 12.8 Å². The number of nitrogens with one attached hydrogen (secondary N) is 1. The molecule has 0 bridgehead atoms. The first kappa shape index (κ1) is 9.21. The largest absolute Gasteiger partial charge is 0.481 e. The van der Waals surface area contributed by atoms with E-state index in [1.807, 2.05) is 0 Å². The number of nitrogens with zero attached hydrogens (tertiary/aromatic N) is 2. The Morgan fingerprint density at radius 2 is 2.07 bits per heavy atom. The lowest BCUT2D eigenvalue weighted by atomic mass is 10.1. The molecule has 0 amide bonds. The first-order valence-corrected chi connectivity index (χ1v) is 4.71. The van der Waals surface area contributed by atoms with Crippen LogP contribution in [0.15, 0.2) is 0 Å². The van der Waals surface area contributed by atoms with Gasteiger partial charge in [-0.3, -0.25) is 0 Å². The molecule has 0 radical (unpaired) electrons. The molecule has 0 saturated carbocycles. The molecule has 0 aromatic carbocycles. The van der Waals surface area contributed by atoms with E-state index in [0.717, 1.165) is 37.2 Å². The highest BCUT2D eigenvalue weighted by Crippen LogP contribution is 2.21. The Balaban J connectivity index is 2.46. The molecule has 5 heteroatoms. The summed E-state index contributed by atoms with van der Waals surface area (Å²) in [5, 5.41) is 3.30. The second kappa shape index (κ2) is 3.79. The average molecular weight is 194 g/mol. The van der Waals surface area contributed by atoms with Crippen molar-refractivity contribution in [3.63, 3.8) is 0 Å². The number of hydrogen-bond donors (Lipinski definition) is 2. The Labute approximate surface area is 82.7 Å². The van der Waals surface area contributed by atoms with Gasteiger partial charge in [0, 0.05) is 18.5 Å². The van der Waals surface area contributed by atoms with E-state index < -0.39 is 0 Å². The predicted octanol–water partition coefficient (Wildman–Crippen LogP) is -0.244. The van der Waals surface area contributed by atoms with Gasteiger partial charge in [-0.15, -0.1) is 0 Å². The van der Waals surface area contributed by atoms with Crippen LogP contribution in [0.25, 0.3) is 0 Å². The number of nitrogens with two attached hydrogens (primary N) is 1. The normalized spacial score (nSPS) is 15.8. The van der Waals surface area contributed by atoms with Crippen LogP contribution in [-0.2, 0) is 12.8 Å². The van der Waals surface area contributed by atoms with Crippen molar-refractivity contribution >= 4 is 5.95 Å². The van der Waals surface area contributed by atoms with Gasteiger partial charge in [-0.2, -0.15) is 4.98 Å². The minimum absolute atomic E-state index is 0.294. The van der Waals surface area contributed by atoms with Gasteiger partial charge >= 0.3 is 0 Å². The van der Waals surface area contributed by atoms with Crippen LogP contribution >= 0.6 is 0 Å². The topological polar surface area (TPSA) is 73.1 Å². The molecule has 1 aromatic heterocycles. The van der Waals surface area contributed by atoms with Gasteiger partial charge in [-0.1, -0.05) is 0 Å². The van der Waals surface area contributed by atoms with Gasteiger partial charge in [0.2, 0.25) is 11.8 Å². The molecule has 2 rings (SSSR count). The van der Waals surface area contributed by atoms with E-state index in [-0.39, 0.29) is 0 Å². The highest BCUT2D eigenvalue weighted by atomic mass is 16.5. The molecular weight excluding hydrogens is 180 g/mol. The Bertz CT molecular complexity index is 340. The van der Waals surface area contributed by atoms with Crippen molar-refractivity contribution in [1.29, 1.82) is 0 Å². The van der Waals surface area contributed by atoms with Crippen LogP contribution in [-0.4, -0.2) is 30.2 Å². The monoisotopic (exact) mass is 194 g/mol. The lowest BCUT2D eigenvalue weighted by molar-refractivity contribution is 0.391. The zero-order chi connectivity index (χ0) is 9.97. The Morgan fingerprint density at radius 1 is 1.29 bits per heavy atom. The summed E-state index contributed by atoms with van der Waals surface area (Å²) in [6, 6.07) is 0. The number of hydrogen-bond acceptors (Lipinski definition) is 5. The fraction of sp³-hybridized carbons (Fsp3) is 0.556. The third kappa shape index (κ3) is 1.63. The fourth-order valence-electron chi connectivity index (χ4n) is 1.70. The molecule has 1 aromatic rings. The molecule has 1 aliphatic heterocycles. The second-order valence-electron chi connectivity index (χ2n) is 3.27. The zero-order valence-electron chi connectivity index (χ0n) is 8.21. The lowest BCUT2D eigenvalue weighted by Crippen LogP contribution is -2.16. The highest BCUT2D eigenvalue weighted by molar-refractivity contribution is 5.37. The quantitative estimate of drug-likeness (QED) is 0.645. The number of ether oxygens (including phenoxy) is 1. The second-order valence-corrected chi connectivity index (χ2v) is 3.27. The van der Waals surface area contributed by atoms with Crippen LogP contribution in [0.2, 0.25) is 0 Å². The van der Waals surface area contributed by atoms with Crippen LogP contribution < -0.4 is 15.8 Å². The first-order valence-electron chi connectivity index (χ1n) is 4.71. The van der Waals surface area contributed by atoms with Crippen LogP contribution in [0.4, 0.5) is 5.95 Å². The standard InChI is InChI=1S/C9H14N4O/c1-14-8-6-2-4-11-5-3-7(6)12-9(10)13-8/h11H,2-5H2,1H3,(H2,10,12,13). The van der Waals surface area contributed by atoms with Crippen LogP contribution in [0.1, 0.15) is 11.3 Å². The molecule has 0 spiro atoms. The Hall–Kier alpha value is -1.36. The lowest BCUT2D eigenvalue weighted by Gasteiger charge is -2.09. The summed E-state index contributed by atoms with van der Waals surface area (Å²) in [6.07, 6.45) is 1.79. The fourth-order valence-corrected chi connectivity index (χ4v) is 1.70. The Kier molecular flexibility index (Phi) is 2.49. The minimum Gasteiger partial charge on any atom is -0.481 e. The van der Waals surface area contributed by atoms with Gasteiger partial charge in [0.15, 0.2) is 0 Å². The van der Waals surface area contributed by atoms with Crippen molar-refractivity contribution in [2.24, 2.45) is 0 Å². The molecule has 14 heavy (non-hydrogen) atoms. The van der Waals surface area contributed by atoms with Crippen molar-refractivity contribution in [2.75, 3.05) is 25.9 Å². The molecule has 76 valence electrons. The average Bonchev–Trinajstić information content (AvgIpc) is 2.41. The highest BCUT2D eigenvalue weighted by Gasteiger charge is 2.15. The molecule has 0 aliphatic carbocycles. The summed E-state index contributed by atoms with van der Waals surface area (Å²) in [5.41, 5.74) is 7.69. The van der Waals surface area contributed by atoms with E-state index in [0.29, 0.717) is 11.8 Å². The molecule has 0 saturated heterocycles. The molecule has 0 unspecified atom stereocenters. The molecule has 2 heterocycles. The first-order chi connectivity index (χ1) is 6.81. The van der Waals surface area contributed by atoms with Gasteiger partial charge in [-0.25, -0.2) is 4.98 Å². The van der Waals surface area contributed by atoms with E-state index in [2.05, 4.69) is 15.3 Å². The molecule has 0 fully saturated rings. The third-order valence-electron chi connectivity index (χ3n) is 2.36. The number of methoxy groups -OCH3 is 1. The zero-order valence-corrected chi connectivity index (χ0v) is 8.21. The summed E-state index contributed by atoms with van der Waals surface area (Å²) in [6.45, 7) is 1.88. The van der Waals surface area contributed by atoms with Crippen molar-refractivity contribution < 1.29 is 4.74 Å². The number of anilines is 1. The van der Waals surface area contributed by atoms with Crippen molar-refractivity contribution in [1.82, 2.24) is 15.3 Å². The molecule has 3 N–H and O–H groups in total. The maximum Gasteiger partial charge on any atom is 0.223 e. The van der Waals surface area contributed by atoms with Gasteiger partial charge in [0.05, 0.1) is 12.8 Å². The SMILES string of the molecule is COc1nc(N)nc2c1CCNCC2. The number of fused-ring (bicyclic) bond motifs is 1. The summed E-state index contributed by atoms with van der Waals surface area (Å²) >= 11 is 0. The molecule has 0 atom stereocenters. The van der Waals surface area contributed by atoms with Crippen LogP contribution in [0, 0.1) is 0 Å². The van der Waals surface area contributed by atoms with Gasteiger partial charge < -0.3 is 15.8 Å². The minimum atomic E-state index is 0.294. The number of aromatic nitrogens is 2. The number of rotatable bonds is 1. The van der Waals surface area contributed by atoms with Crippen molar-refractivity contribution in [3.8, 4) is 5.88 Å². The third-order valence-corrected chi connectivity index (χ3v) is 2.36. The smallest absolute Gasteiger partial charge is 0.223 e. The van der Waals surface area contributed by atoms with Gasteiger partial charge in [0.25, 0.3) is 0 Å².